The summed E-state index contributed by atoms with van der Waals surface area (Å²) in [7, 11) is 0. The van der Waals surface area contributed by atoms with Gasteiger partial charge in [-0.3, -0.25) is 4.79 Å². The van der Waals surface area contributed by atoms with Gasteiger partial charge in [0.25, 0.3) is 0 Å². The van der Waals surface area contributed by atoms with Crippen molar-refractivity contribution in [3.8, 4) is 0 Å². The number of aliphatic hydroxyl groups excluding tert-OH is 1. The number of piperidine rings is 1. The van der Waals surface area contributed by atoms with Crippen LogP contribution in [-0.2, 0) is 9.59 Å². The number of rotatable bonds is 6. The molecule has 10 heteroatoms. The number of aliphatic hydroxyl groups is 1. The second-order valence-electron chi connectivity index (χ2n) is 10.7. The molecule has 3 aliphatic rings. The Morgan fingerprint density at radius 1 is 1.08 bits per heavy atom. The zero-order chi connectivity index (χ0) is 27.2. The van der Waals surface area contributed by atoms with E-state index in [-0.39, 0.29) is 12.5 Å². The molecular formula is C27H40F3N3O4. The monoisotopic (exact) mass is 527 g/mol. The minimum Gasteiger partial charge on any atom is -0.475 e. The van der Waals surface area contributed by atoms with Crippen molar-refractivity contribution in [2.24, 2.45) is 11.8 Å². The van der Waals surface area contributed by atoms with Crippen LogP contribution < -0.4 is 4.90 Å². The van der Waals surface area contributed by atoms with Crippen LogP contribution in [-0.4, -0.2) is 82.6 Å². The molecule has 4 rings (SSSR count). The zero-order valence-corrected chi connectivity index (χ0v) is 21.8. The van der Waals surface area contributed by atoms with Gasteiger partial charge in [0, 0.05) is 38.0 Å². The summed E-state index contributed by atoms with van der Waals surface area (Å²) < 4.78 is 31.7. The van der Waals surface area contributed by atoms with E-state index in [4.69, 9.17) is 9.90 Å². The first-order chi connectivity index (χ1) is 17.5. The van der Waals surface area contributed by atoms with Gasteiger partial charge in [0.1, 0.15) is 5.54 Å². The standard InChI is InChI=1S/C25H39N3O2.C2HF3O2/c1-20(2)21-9-11-22(12-10-21)26-16-13-25(14-17-26)24(30)27(15-6-18-29)19-28(25)23-7-4-3-5-8-23;3-2(4,5)1(6)7/h3-5,7-8,20-22,29H,6,9-19H2,1-2H3;(H,6,7). The molecule has 0 unspecified atom stereocenters. The van der Waals surface area contributed by atoms with E-state index in [0.717, 1.165) is 43.5 Å². The maximum Gasteiger partial charge on any atom is 0.490 e. The summed E-state index contributed by atoms with van der Waals surface area (Å²) in [5.74, 6) is -0.797. The first-order valence-electron chi connectivity index (χ1n) is 13.3. The Bertz CT molecular complexity index is 881. The van der Waals surface area contributed by atoms with Crippen LogP contribution >= 0.6 is 0 Å². The molecule has 2 aliphatic heterocycles. The van der Waals surface area contributed by atoms with Crippen molar-refractivity contribution in [3.63, 3.8) is 0 Å². The van der Waals surface area contributed by atoms with Crippen molar-refractivity contribution >= 4 is 17.6 Å². The normalized spacial score (nSPS) is 24.4. The number of carbonyl (C=O) groups is 2. The van der Waals surface area contributed by atoms with Gasteiger partial charge >= 0.3 is 12.1 Å². The van der Waals surface area contributed by atoms with Gasteiger partial charge in [0.2, 0.25) is 5.91 Å². The Morgan fingerprint density at radius 2 is 1.65 bits per heavy atom. The van der Waals surface area contributed by atoms with Gasteiger partial charge in [-0.05, 0) is 68.9 Å². The highest BCUT2D eigenvalue weighted by molar-refractivity contribution is 5.93. The number of amides is 1. The number of carboxylic acid groups (broad SMARTS) is 1. The molecule has 0 radical (unpaired) electrons. The second-order valence-corrected chi connectivity index (χ2v) is 10.7. The van der Waals surface area contributed by atoms with Crippen LogP contribution in [0.1, 0.15) is 58.8 Å². The number of carbonyl (C=O) groups excluding carboxylic acids is 1. The molecule has 1 spiro atoms. The lowest BCUT2D eigenvalue weighted by atomic mass is 9.78. The summed E-state index contributed by atoms with van der Waals surface area (Å²) in [6.45, 7) is 8.17. The highest BCUT2D eigenvalue weighted by atomic mass is 19.4. The third kappa shape index (κ3) is 6.96. The van der Waals surface area contributed by atoms with E-state index in [1.165, 1.54) is 25.7 Å². The van der Waals surface area contributed by atoms with E-state index >= 15 is 0 Å². The van der Waals surface area contributed by atoms with Crippen molar-refractivity contribution in [2.45, 2.75) is 76.6 Å². The minimum atomic E-state index is -5.08. The molecular weight excluding hydrogens is 487 g/mol. The van der Waals surface area contributed by atoms with E-state index in [0.29, 0.717) is 25.7 Å². The molecule has 2 heterocycles. The number of halogens is 3. The van der Waals surface area contributed by atoms with Gasteiger partial charge in [-0.25, -0.2) is 4.79 Å². The fraction of sp³-hybridized carbons (Fsp3) is 0.704. The zero-order valence-electron chi connectivity index (χ0n) is 21.8. The summed E-state index contributed by atoms with van der Waals surface area (Å²) in [4.78, 5) is 29.4. The third-order valence-electron chi connectivity index (χ3n) is 8.24. The number of alkyl halides is 3. The predicted molar refractivity (Wildman–Crippen MR) is 135 cm³/mol. The fourth-order valence-electron chi connectivity index (χ4n) is 6.03. The van der Waals surface area contributed by atoms with Crippen molar-refractivity contribution in [2.75, 3.05) is 37.8 Å². The maximum absolute atomic E-state index is 13.6. The lowest BCUT2D eigenvalue weighted by Gasteiger charge is -2.47. The summed E-state index contributed by atoms with van der Waals surface area (Å²) >= 11 is 0. The summed E-state index contributed by atoms with van der Waals surface area (Å²) in [5.41, 5.74) is 0.728. The Balaban J connectivity index is 0.000000479. The van der Waals surface area contributed by atoms with Crippen LogP contribution in [0, 0.1) is 11.8 Å². The molecule has 1 aliphatic carbocycles. The number of likely N-dealkylation sites (tertiary alicyclic amines) is 1. The van der Waals surface area contributed by atoms with Crippen molar-refractivity contribution < 1.29 is 33.0 Å². The van der Waals surface area contributed by atoms with Gasteiger partial charge in [-0.2, -0.15) is 13.2 Å². The van der Waals surface area contributed by atoms with Crippen LogP contribution in [0.3, 0.4) is 0 Å². The average molecular weight is 528 g/mol. The molecule has 0 bridgehead atoms. The van der Waals surface area contributed by atoms with Crippen LogP contribution in [0.5, 0.6) is 0 Å². The number of benzene rings is 1. The topological polar surface area (TPSA) is 84.3 Å². The van der Waals surface area contributed by atoms with E-state index in [9.17, 15) is 23.1 Å². The maximum atomic E-state index is 13.6. The number of nitrogens with zero attached hydrogens (tertiary/aromatic N) is 3. The Labute approximate surface area is 217 Å². The van der Waals surface area contributed by atoms with Crippen molar-refractivity contribution in [1.82, 2.24) is 9.80 Å². The molecule has 1 aromatic carbocycles. The number of aliphatic carboxylic acids is 1. The number of para-hydroxylation sites is 1. The summed E-state index contributed by atoms with van der Waals surface area (Å²) in [6.07, 6.45) is 2.71. The fourth-order valence-corrected chi connectivity index (χ4v) is 6.03. The number of anilines is 1. The molecule has 0 atom stereocenters. The van der Waals surface area contributed by atoms with Gasteiger partial charge in [0.15, 0.2) is 0 Å². The molecule has 2 saturated heterocycles. The summed E-state index contributed by atoms with van der Waals surface area (Å²) in [6, 6.07) is 11.1. The molecule has 7 nitrogen and oxygen atoms in total. The van der Waals surface area contributed by atoms with Crippen molar-refractivity contribution in [1.29, 1.82) is 0 Å². The molecule has 2 N–H and O–H groups in total. The largest absolute Gasteiger partial charge is 0.490 e. The van der Waals surface area contributed by atoms with Gasteiger partial charge < -0.3 is 24.9 Å². The predicted octanol–water partition coefficient (Wildman–Crippen LogP) is 4.36. The molecule has 1 amide bonds. The van der Waals surface area contributed by atoms with E-state index < -0.39 is 17.7 Å². The van der Waals surface area contributed by atoms with Gasteiger partial charge in [-0.15, -0.1) is 0 Å². The Morgan fingerprint density at radius 3 is 2.14 bits per heavy atom. The lowest BCUT2D eigenvalue weighted by Crippen LogP contribution is -2.58. The Kier molecular flexibility index (Phi) is 9.86. The lowest BCUT2D eigenvalue weighted by molar-refractivity contribution is -0.192. The molecule has 3 fully saturated rings. The van der Waals surface area contributed by atoms with Crippen LogP contribution in [0.25, 0.3) is 0 Å². The summed E-state index contributed by atoms with van der Waals surface area (Å²) in [5, 5.41) is 16.4. The number of hydrogen-bond acceptors (Lipinski definition) is 5. The highest BCUT2D eigenvalue weighted by Gasteiger charge is 2.54. The highest BCUT2D eigenvalue weighted by Crippen LogP contribution is 2.41. The van der Waals surface area contributed by atoms with E-state index in [1.54, 1.807) is 0 Å². The third-order valence-corrected chi connectivity index (χ3v) is 8.24. The number of hydrogen-bond donors (Lipinski definition) is 2. The van der Waals surface area contributed by atoms with Crippen LogP contribution in [0.2, 0.25) is 0 Å². The van der Waals surface area contributed by atoms with Crippen molar-refractivity contribution in [3.05, 3.63) is 30.3 Å². The first-order valence-corrected chi connectivity index (χ1v) is 13.3. The Hall–Kier alpha value is -2.33. The quantitative estimate of drug-likeness (QED) is 0.572. The van der Waals surface area contributed by atoms with Crippen LogP contribution in [0.15, 0.2) is 30.3 Å². The second kappa shape index (κ2) is 12.5. The number of carboxylic acids is 1. The molecule has 37 heavy (non-hydrogen) atoms. The van der Waals surface area contributed by atoms with Gasteiger partial charge in [-0.1, -0.05) is 32.0 Å². The van der Waals surface area contributed by atoms with Gasteiger partial charge in [0.05, 0.1) is 6.67 Å². The van der Waals surface area contributed by atoms with Crippen LogP contribution in [0.4, 0.5) is 18.9 Å². The average Bonchev–Trinajstić information content (AvgIpc) is 3.14. The molecule has 0 aromatic heterocycles. The smallest absolute Gasteiger partial charge is 0.475 e. The SMILES string of the molecule is CC(C)C1CCC(N2CCC3(CC2)C(=O)N(CCCO)CN3c2ccccc2)CC1.O=C(O)C(F)(F)F. The molecule has 1 aromatic rings. The van der Waals surface area contributed by atoms with E-state index in [1.807, 2.05) is 11.0 Å². The minimum absolute atomic E-state index is 0.134. The first kappa shape index (κ1) is 29.2. The van der Waals surface area contributed by atoms with E-state index in [2.05, 4.69) is 47.9 Å². The molecule has 208 valence electrons. The molecule has 1 saturated carbocycles.